The van der Waals surface area contributed by atoms with Crippen LogP contribution < -0.4 is 0 Å². The Morgan fingerprint density at radius 1 is 1.41 bits per heavy atom. The summed E-state index contributed by atoms with van der Waals surface area (Å²) in [5.41, 5.74) is -0.684. The lowest BCUT2D eigenvalue weighted by Crippen LogP contribution is -2.38. The summed E-state index contributed by atoms with van der Waals surface area (Å²) in [7, 11) is 1.30. The first-order valence-corrected chi connectivity index (χ1v) is 5.55. The lowest BCUT2D eigenvalue weighted by Gasteiger charge is -2.32. The van der Waals surface area contributed by atoms with Crippen molar-refractivity contribution in [3.8, 4) is 5.75 Å². The molecule has 0 aliphatic rings. The van der Waals surface area contributed by atoms with Gasteiger partial charge in [0.2, 0.25) is 0 Å². The summed E-state index contributed by atoms with van der Waals surface area (Å²) < 4.78 is 4.66. The second-order valence-corrected chi connectivity index (χ2v) is 4.07. The Balaban J connectivity index is 3.11. The molecule has 0 radical (unpaired) electrons. The van der Waals surface area contributed by atoms with Crippen LogP contribution in [0.15, 0.2) is 24.3 Å². The molecule has 2 atom stereocenters. The maximum absolute atomic E-state index is 11.5. The summed E-state index contributed by atoms with van der Waals surface area (Å²) in [6, 6.07) is 6.19. The average Bonchev–Trinajstić information content (AvgIpc) is 2.36. The third-order valence-electron chi connectivity index (χ3n) is 3.18. The van der Waals surface area contributed by atoms with Crippen molar-refractivity contribution in [3.63, 3.8) is 0 Å². The van der Waals surface area contributed by atoms with Crippen molar-refractivity contribution < 1.29 is 19.7 Å². The molecule has 17 heavy (non-hydrogen) atoms. The van der Waals surface area contributed by atoms with Gasteiger partial charge in [-0.1, -0.05) is 19.1 Å². The number of carbonyl (C=O) groups is 1. The highest BCUT2D eigenvalue weighted by Crippen LogP contribution is 2.34. The number of carbonyl (C=O) groups excluding carboxylic acids is 1. The minimum Gasteiger partial charge on any atom is -0.508 e. The van der Waals surface area contributed by atoms with Gasteiger partial charge in [0.05, 0.1) is 13.0 Å². The fourth-order valence-corrected chi connectivity index (χ4v) is 1.88. The highest BCUT2D eigenvalue weighted by molar-refractivity contribution is 5.73. The number of aromatic hydroxyl groups is 1. The Morgan fingerprint density at radius 3 is 2.35 bits per heavy atom. The summed E-state index contributed by atoms with van der Waals surface area (Å²) in [5.74, 6) is -0.998. The maximum atomic E-state index is 11.5. The SMILES string of the molecule is CCC(O)(c1ccc(O)cc1)C(C)C(=O)OC. The predicted octanol–water partition coefficient (Wildman–Crippen LogP) is 1.80. The smallest absolute Gasteiger partial charge is 0.311 e. The van der Waals surface area contributed by atoms with E-state index in [0.717, 1.165) is 0 Å². The molecule has 0 aliphatic heterocycles. The fourth-order valence-electron chi connectivity index (χ4n) is 1.88. The molecule has 94 valence electrons. The number of hydrogen-bond donors (Lipinski definition) is 2. The number of aliphatic hydroxyl groups is 1. The molecule has 0 amide bonds. The number of hydrogen-bond acceptors (Lipinski definition) is 4. The Bertz CT molecular complexity index is 385. The average molecular weight is 238 g/mol. The van der Waals surface area contributed by atoms with Gasteiger partial charge in [-0.2, -0.15) is 0 Å². The molecule has 0 aromatic heterocycles. The van der Waals surface area contributed by atoms with Crippen LogP contribution in [0, 0.1) is 5.92 Å². The van der Waals surface area contributed by atoms with E-state index in [1.165, 1.54) is 19.2 Å². The maximum Gasteiger partial charge on any atom is 0.311 e. The highest BCUT2D eigenvalue weighted by Gasteiger charge is 2.39. The largest absolute Gasteiger partial charge is 0.508 e. The second kappa shape index (κ2) is 5.19. The molecule has 2 unspecified atom stereocenters. The topological polar surface area (TPSA) is 66.8 Å². The van der Waals surface area contributed by atoms with Crippen LogP contribution in [0.1, 0.15) is 25.8 Å². The summed E-state index contributed by atoms with van der Waals surface area (Å²) >= 11 is 0. The third-order valence-corrected chi connectivity index (χ3v) is 3.18. The first-order valence-electron chi connectivity index (χ1n) is 5.55. The summed E-state index contributed by atoms with van der Waals surface area (Å²) in [6.45, 7) is 3.43. The van der Waals surface area contributed by atoms with Crippen LogP contribution in [0.4, 0.5) is 0 Å². The van der Waals surface area contributed by atoms with Crippen molar-refractivity contribution in [2.24, 2.45) is 5.92 Å². The van der Waals surface area contributed by atoms with Gasteiger partial charge in [-0.3, -0.25) is 4.79 Å². The van der Waals surface area contributed by atoms with Gasteiger partial charge >= 0.3 is 5.97 Å². The normalized spacial score (nSPS) is 16.0. The van der Waals surface area contributed by atoms with Gasteiger partial charge in [0.1, 0.15) is 11.4 Å². The number of methoxy groups -OCH3 is 1. The standard InChI is InChI=1S/C13H18O4/c1-4-13(16,9(2)12(15)17-3)10-5-7-11(14)8-6-10/h5-9,14,16H,4H2,1-3H3. The van der Waals surface area contributed by atoms with Gasteiger partial charge < -0.3 is 14.9 Å². The highest BCUT2D eigenvalue weighted by atomic mass is 16.5. The number of phenols is 1. The Labute approximate surface area is 101 Å². The predicted molar refractivity (Wildman–Crippen MR) is 63.5 cm³/mol. The molecule has 0 aliphatic carbocycles. The van der Waals surface area contributed by atoms with Gasteiger partial charge in [0, 0.05) is 0 Å². The van der Waals surface area contributed by atoms with Crippen LogP contribution >= 0.6 is 0 Å². The van der Waals surface area contributed by atoms with E-state index >= 15 is 0 Å². The van der Waals surface area contributed by atoms with Crippen LogP contribution in [0.3, 0.4) is 0 Å². The molecule has 4 nitrogen and oxygen atoms in total. The Hall–Kier alpha value is -1.55. The zero-order valence-corrected chi connectivity index (χ0v) is 10.3. The van der Waals surface area contributed by atoms with Crippen molar-refractivity contribution in [2.75, 3.05) is 7.11 Å². The van der Waals surface area contributed by atoms with E-state index < -0.39 is 17.5 Å². The fraction of sp³-hybridized carbons (Fsp3) is 0.462. The molecule has 1 aromatic carbocycles. The molecule has 0 fully saturated rings. The van der Waals surface area contributed by atoms with Gasteiger partial charge in [-0.25, -0.2) is 0 Å². The lowest BCUT2D eigenvalue weighted by atomic mass is 9.80. The van der Waals surface area contributed by atoms with Crippen LogP contribution in [-0.4, -0.2) is 23.3 Å². The molecule has 0 saturated heterocycles. The summed E-state index contributed by atoms with van der Waals surface area (Å²) in [5, 5.41) is 19.8. The van der Waals surface area contributed by atoms with E-state index in [4.69, 9.17) is 0 Å². The number of rotatable bonds is 4. The first-order chi connectivity index (χ1) is 7.95. The summed E-state index contributed by atoms with van der Waals surface area (Å²) in [6.07, 6.45) is 0.383. The zero-order chi connectivity index (χ0) is 13.1. The molecule has 4 heteroatoms. The zero-order valence-electron chi connectivity index (χ0n) is 10.3. The molecule has 2 N–H and O–H groups in total. The summed E-state index contributed by atoms with van der Waals surface area (Å²) in [4.78, 5) is 11.5. The van der Waals surface area contributed by atoms with Gasteiger partial charge in [0.25, 0.3) is 0 Å². The minimum absolute atomic E-state index is 0.123. The van der Waals surface area contributed by atoms with Gasteiger partial charge in [-0.15, -0.1) is 0 Å². The van der Waals surface area contributed by atoms with E-state index in [1.54, 1.807) is 26.0 Å². The van der Waals surface area contributed by atoms with E-state index in [9.17, 15) is 15.0 Å². The first kappa shape index (κ1) is 13.5. The van der Waals surface area contributed by atoms with Crippen molar-refractivity contribution in [3.05, 3.63) is 29.8 Å². The molecule has 0 bridgehead atoms. The molecule has 1 aromatic rings. The molecule has 0 saturated carbocycles. The van der Waals surface area contributed by atoms with Crippen LogP contribution in [-0.2, 0) is 15.1 Å². The van der Waals surface area contributed by atoms with E-state index in [-0.39, 0.29) is 5.75 Å². The van der Waals surface area contributed by atoms with Crippen LogP contribution in [0.25, 0.3) is 0 Å². The number of esters is 1. The van der Waals surface area contributed by atoms with E-state index in [1.807, 2.05) is 0 Å². The van der Waals surface area contributed by atoms with Crippen LogP contribution in [0.2, 0.25) is 0 Å². The quantitative estimate of drug-likeness (QED) is 0.785. The number of benzene rings is 1. The van der Waals surface area contributed by atoms with Gasteiger partial charge in [-0.05, 0) is 31.0 Å². The molecular weight excluding hydrogens is 220 g/mol. The van der Waals surface area contributed by atoms with Crippen molar-refractivity contribution >= 4 is 5.97 Å². The monoisotopic (exact) mass is 238 g/mol. The second-order valence-electron chi connectivity index (χ2n) is 4.07. The number of ether oxygens (including phenoxy) is 1. The van der Waals surface area contributed by atoms with E-state index in [2.05, 4.69) is 4.74 Å². The van der Waals surface area contributed by atoms with Gasteiger partial charge in [0.15, 0.2) is 0 Å². The Kier molecular flexibility index (Phi) is 4.12. The molecular formula is C13H18O4. The molecule has 0 spiro atoms. The number of phenolic OH excluding ortho intramolecular Hbond substituents is 1. The van der Waals surface area contributed by atoms with Crippen molar-refractivity contribution in [2.45, 2.75) is 25.9 Å². The molecule has 0 heterocycles. The van der Waals surface area contributed by atoms with E-state index in [0.29, 0.717) is 12.0 Å². The van der Waals surface area contributed by atoms with Crippen molar-refractivity contribution in [1.29, 1.82) is 0 Å². The van der Waals surface area contributed by atoms with Crippen LogP contribution in [0.5, 0.6) is 5.75 Å². The van der Waals surface area contributed by atoms with Crippen molar-refractivity contribution in [1.82, 2.24) is 0 Å². The minimum atomic E-state index is -1.28. The third kappa shape index (κ3) is 2.58. The Morgan fingerprint density at radius 2 is 1.94 bits per heavy atom. The lowest BCUT2D eigenvalue weighted by molar-refractivity contribution is -0.155. The molecule has 1 rings (SSSR count).